The number of carbonyl (C=O) groups excluding carboxylic acids is 1. The molecule has 0 saturated carbocycles. The average Bonchev–Trinajstić information content (AvgIpc) is 3.42. The maximum Gasteiger partial charge on any atom is 0.261 e. The second-order valence-electron chi connectivity index (χ2n) is 8.05. The van der Waals surface area contributed by atoms with Crippen molar-refractivity contribution >= 4 is 49.9 Å². The number of thiophene rings is 1. The highest BCUT2D eigenvalue weighted by atomic mass is 32.1. The average molecular weight is 435 g/mol. The number of nitrogens with one attached hydrogen (secondary N) is 3. The van der Waals surface area contributed by atoms with E-state index in [4.69, 9.17) is 0 Å². The third-order valence-corrected chi connectivity index (χ3v) is 6.88. The number of carbonyl (C=O) groups is 1. The minimum absolute atomic E-state index is 0.0179. The fourth-order valence-corrected chi connectivity index (χ4v) is 5.11. The maximum absolute atomic E-state index is 12.9. The molecular weight excluding hydrogens is 408 g/mol. The lowest BCUT2D eigenvalue weighted by Gasteiger charge is -2.31. The number of hydrogen-bond acceptors (Lipinski definition) is 6. The van der Waals surface area contributed by atoms with Crippen LogP contribution < -0.4 is 10.6 Å². The molecule has 1 amide bonds. The zero-order chi connectivity index (χ0) is 21.2. The Balaban J connectivity index is 1.31. The van der Waals surface area contributed by atoms with Crippen molar-refractivity contribution in [2.45, 2.75) is 32.2 Å². The fraction of sp³-hybridized carbons (Fsp3) is 0.348. The van der Waals surface area contributed by atoms with Gasteiger partial charge >= 0.3 is 0 Å². The van der Waals surface area contributed by atoms with E-state index in [9.17, 15) is 4.79 Å². The molecule has 4 aromatic rings. The van der Waals surface area contributed by atoms with Crippen molar-refractivity contribution < 1.29 is 4.79 Å². The predicted octanol–water partition coefficient (Wildman–Crippen LogP) is 4.52. The summed E-state index contributed by atoms with van der Waals surface area (Å²) in [5.74, 6) is 0.690. The molecule has 0 unspecified atom stereocenters. The first-order valence-electron chi connectivity index (χ1n) is 10.8. The third-order valence-electron chi connectivity index (χ3n) is 5.83. The van der Waals surface area contributed by atoms with Crippen LogP contribution in [0.5, 0.6) is 0 Å². The second-order valence-corrected chi connectivity index (χ2v) is 9.08. The lowest BCUT2D eigenvalue weighted by atomic mass is 10.0. The summed E-state index contributed by atoms with van der Waals surface area (Å²) in [7, 11) is 0. The monoisotopic (exact) mass is 434 g/mol. The second kappa shape index (κ2) is 8.64. The van der Waals surface area contributed by atoms with Gasteiger partial charge in [-0.3, -0.25) is 4.79 Å². The van der Waals surface area contributed by atoms with Crippen LogP contribution in [0.2, 0.25) is 0 Å². The zero-order valence-electron chi connectivity index (χ0n) is 17.5. The van der Waals surface area contributed by atoms with Gasteiger partial charge in [0.2, 0.25) is 0 Å². The van der Waals surface area contributed by atoms with Gasteiger partial charge < -0.3 is 20.5 Å². The molecule has 1 aromatic carbocycles. The molecule has 0 atom stereocenters. The Morgan fingerprint density at radius 2 is 2.10 bits per heavy atom. The number of rotatable bonds is 6. The van der Waals surface area contributed by atoms with Gasteiger partial charge in [0.15, 0.2) is 0 Å². The Hall–Kier alpha value is -2.97. The summed E-state index contributed by atoms with van der Waals surface area (Å²) in [6, 6.07) is 10.3. The summed E-state index contributed by atoms with van der Waals surface area (Å²) in [5.41, 5.74) is 2.00. The van der Waals surface area contributed by atoms with E-state index in [1.807, 2.05) is 30.5 Å². The molecule has 1 saturated heterocycles. The van der Waals surface area contributed by atoms with E-state index in [1.165, 1.54) is 17.8 Å². The van der Waals surface area contributed by atoms with Crippen LogP contribution in [-0.4, -0.2) is 51.4 Å². The molecule has 0 radical (unpaired) electrons. The molecule has 0 spiro atoms. The maximum atomic E-state index is 12.9. The third kappa shape index (κ3) is 4.26. The standard InChI is InChI=1S/C23H26N6OS/c1-2-9-29-10-6-16(7-11-29)28-22(30)20-13-18-21(25-14-26-23(18)31-20)27-17-4-3-15-5-8-24-19(15)12-17/h3-5,8,12-14,16,24H,2,6-7,9-11H2,1H3,(H,28,30)(H,25,26,27). The van der Waals surface area contributed by atoms with Gasteiger partial charge in [0.25, 0.3) is 5.91 Å². The summed E-state index contributed by atoms with van der Waals surface area (Å²) >= 11 is 1.41. The van der Waals surface area contributed by atoms with E-state index in [-0.39, 0.29) is 11.9 Å². The molecule has 8 heteroatoms. The molecule has 1 fully saturated rings. The molecule has 7 nitrogen and oxygen atoms in total. The van der Waals surface area contributed by atoms with Crippen LogP contribution in [0.15, 0.2) is 42.9 Å². The van der Waals surface area contributed by atoms with Crippen LogP contribution in [0.25, 0.3) is 21.1 Å². The number of aromatic nitrogens is 3. The minimum Gasteiger partial charge on any atom is -0.361 e. The number of piperidine rings is 1. The van der Waals surface area contributed by atoms with Crippen molar-refractivity contribution in [3.8, 4) is 0 Å². The highest BCUT2D eigenvalue weighted by Gasteiger charge is 2.22. The largest absolute Gasteiger partial charge is 0.361 e. The number of amides is 1. The molecule has 1 aliphatic rings. The Morgan fingerprint density at radius 3 is 2.94 bits per heavy atom. The smallest absolute Gasteiger partial charge is 0.261 e. The quantitative estimate of drug-likeness (QED) is 0.415. The van der Waals surface area contributed by atoms with E-state index in [2.05, 4.69) is 43.5 Å². The normalized spacial score (nSPS) is 15.5. The first-order chi connectivity index (χ1) is 15.2. The zero-order valence-corrected chi connectivity index (χ0v) is 18.3. The van der Waals surface area contributed by atoms with Crippen molar-refractivity contribution in [2.75, 3.05) is 25.0 Å². The SMILES string of the molecule is CCCN1CCC(NC(=O)c2cc3c(Nc4ccc5cc[nH]c5c4)ncnc3s2)CC1. The van der Waals surface area contributed by atoms with Gasteiger partial charge in [0.05, 0.1) is 10.3 Å². The Bertz CT molecular complexity index is 1210. The summed E-state index contributed by atoms with van der Waals surface area (Å²) in [6.45, 7) is 5.45. The topological polar surface area (TPSA) is 85.9 Å². The van der Waals surface area contributed by atoms with Crippen LogP contribution >= 0.6 is 11.3 Å². The van der Waals surface area contributed by atoms with Crippen LogP contribution in [0, 0.1) is 0 Å². The molecule has 5 rings (SSSR count). The number of aromatic amines is 1. The number of nitrogens with zero attached hydrogens (tertiary/aromatic N) is 3. The molecule has 1 aliphatic heterocycles. The number of H-pyrrole nitrogens is 1. The fourth-order valence-electron chi connectivity index (χ4n) is 4.20. The van der Waals surface area contributed by atoms with Crippen molar-refractivity contribution in [3.63, 3.8) is 0 Å². The Morgan fingerprint density at radius 1 is 1.23 bits per heavy atom. The number of likely N-dealkylation sites (tertiary alicyclic amines) is 1. The van der Waals surface area contributed by atoms with Crippen LogP contribution in [0.3, 0.4) is 0 Å². The Kier molecular flexibility index (Phi) is 5.57. The van der Waals surface area contributed by atoms with Gasteiger partial charge in [-0.05, 0) is 55.5 Å². The number of hydrogen-bond donors (Lipinski definition) is 3. The first kappa shape index (κ1) is 20.0. The number of benzene rings is 1. The number of anilines is 2. The molecule has 4 heterocycles. The van der Waals surface area contributed by atoms with Crippen molar-refractivity contribution in [3.05, 3.63) is 47.7 Å². The van der Waals surface area contributed by atoms with Gasteiger partial charge in [-0.2, -0.15) is 0 Å². The highest BCUT2D eigenvalue weighted by molar-refractivity contribution is 7.20. The minimum atomic E-state index is -0.0179. The highest BCUT2D eigenvalue weighted by Crippen LogP contribution is 2.31. The van der Waals surface area contributed by atoms with E-state index in [0.29, 0.717) is 10.7 Å². The Labute approximate surface area is 184 Å². The summed E-state index contributed by atoms with van der Waals surface area (Å²) in [6.07, 6.45) is 6.65. The van der Waals surface area contributed by atoms with Crippen molar-refractivity contribution in [1.82, 2.24) is 25.2 Å². The van der Waals surface area contributed by atoms with E-state index in [0.717, 1.165) is 59.3 Å². The summed E-state index contributed by atoms with van der Waals surface area (Å²) in [4.78, 5) is 28.9. The van der Waals surface area contributed by atoms with Gasteiger partial charge in [0.1, 0.15) is 17.0 Å². The first-order valence-corrected chi connectivity index (χ1v) is 11.6. The predicted molar refractivity (Wildman–Crippen MR) is 126 cm³/mol. The van der Waals surface area contributed by atoms with E-state index < -0.39 is 0 Å². The molecule has 0 bridgehead atoms. The van der Waals surface area contributed by atoms with E-state index >= 15 is 0 Å². The van der Waals surface area contributed by atoms with Crippen LogP contribution in [0.1, 0.15) is 35.9 Å². The lowest BCUT2D eigenvalue weighted by Crippen LogP contribution is -2.44. The summed E-state index contributed by atoms with van der Waals surface area (Å²) < 4.78 is 0. The van der Waals surface area contributed by atoms with Crippen molar-refractivity contribution in [2.24, 2.45) is 0 Å². The molecule has 0 aliphatic carbocycles. The lowest BCUT2D eigenvalue weighted by molar-refractivity contribution is 0.0915. The van der Waals surface area contributed by atoms with E-state index in [1.54, 1.807) is 6.33 Å². The van der Waals surface area contributed by atoms with Crippen molar-refractivity contribution in [1.29, 1.82) is 0 Å². The molecule has 3 N–H and O–H groups in total. The van der Waals surface area contributed by atoms with Gasteiger partial charge in [-0.1, -0.05) is 13.0 Å². The van der Waals surface area contributed by atoms with Crippen LogP contribution in [0.4, 0.5) is 11.5 Å². The van der Waals surface area contributed by atoms with Gasteiger partial charge in [-0.25, -0.2) is 9.97 Å². The van der Waals surface area contributed by atoms with Gasteiger partial charge in [0, 0.05) is 36.5 Å². The molecule has 3 aromatic heterocycles. The molecule has 31 heavy (non-hydrogen) atoms. The molecular formula is C23H26N6OS. The van der Waals surface area contributed by atoms with Crippen LogP contribution in [-0.2, 0) is 0 Å². The number of fused-ring (bicyclic) bond motifs is 2. The molecule has 160 valence electrons. The summed E-state index contributed by atoms with van der Waals surface area (Å²) in [5, 5.41) is 8.62. The van der Waals surface area contributed by atoms with Gasteiger partial charge in [-0.15, -0.1) is 11.3 Å².